The highest BCUT2D eigenvalue weighted by molar-refractivity contribution is 7.09. The Hall–Kier alpha value is -1.11. The molecule has 1 atom stereocenters. The van der Waals surface area contributed by atoms with Gasteiger partial charge in [0.15, 0.2) is 0 Å². The zero-order chi connectivity index (χ0) is 11.1. The van der Waals surface area contributed by atoms with E-state index < -0.39 is 5.54 Å². The fourth-order valence-corrected chi connectivity index (χ4v) is 1.91. The van der Waals surface area contributed by atoms with Crippen LogP contribution in [-0.4, -0.2) is 5.54 Å². The summed E-state index contributed by atoms with van der Waals surface area (Å²) in [6.07, 6.45) is 3.52. The third-order valence-electron chi connectivity index (χ3n) is 2.33. The van der Waals surface area contributed by atoms with Crippen LogP contribution in [0, 0.1) is 11.3 Å². The molecule has 1 rings (SSSR count). The Morgan fingerprint density at radius 3 is 3.07 bits per heavy atom. The molecule has 0 radical (unpaired) electrons. The Morgan fingerprint density at radius 2 is 2.53 bits per heavy atom. The van der Waals surface area contributed by atoms with Gasteiger partial charge >= 0.3 is 0 Å². The normalized spacial score (nSPS) is 14.1. The summed E-state index contributed by atoms with van der Waals surface area (Å²) in [6, 6.07) is 6.42. The Labute approximate surface area is 95.2 Å². The Balaban J connectivity index is 2.46. The van der Waals surface area contributed by atoms with Crippen molar-refractivity contribution < 1.29 is 0 Å². The molecular formula is C12H16N2S. The van der Waals surface area contributed by atoms with Gasteiger partial charge in [0.2, 0.25) is 0 Å². The molecule has 0 spiro atoms. The number of rotatable bonds is 6. The molecule has 0 saturated heterocycles. The lowest BCUT2D eigenvalue weighted by molar-refractivity contribution is 0.421. The van der Waals surface area contributed by atoms with Crippen LogP contribution in [0.5, 0.6) is 0 Å². The molecule has 1 aromatic rings. The lowest BCUT2D eigenvalue weighted by Crippen LogP contribution is -2.40. The van der Waals surface area contributed by atoms with Gasteiger partial charge < -0.3 is 0 Å². The summed E-state index contributed by atoms with van der Waals surface area (Å²) in [6.45, 7) is 6.37. The number of hydrogen-bond acceptors (Lipinski definition) is 3. The molecule has 1 N–H and O–H groups in total. The number of nitriles is 1. The van der Waals surface area contributed by atoms with Gasteiger partial charge in [0.25, 0.3) is 0 Å². The van der Waals surface area contributed by atoms with Crippen molar-refractivity contribution in [3.63, 3.8) is 0 Å². The molecule has 0 aromatic carbocycles. The molecule has 0 aliphatic heterocycles. The van der Waals surface area contributed by atoms with Crippen LogP contribution < -0.4 is 5.32 Å². The molecule has 0 aliphatic carbocycles. The van der Waals surface area contributed by atoms with Crippen LogP contribution >= 0.6 is 11.3 Å². The zero-order valence-corrected chi connectivity index (χ0v) is 9.81. The lowest BCUT2D eigenvalue weighted by atomic mass is 9.97. The summed E-state index contributed by atoms with van der Waals surface area (Å²) in [5, 5.41) is 14.4. The molecule has 15 heavy (non-hydrogen) atoms. The van der Waals surface area contributed by atoms with E-state index in [1.807, 2.05) is 24.4 Å². The van der Waals surface area contributed by atoms with Crippen molar-refractivity contribution in [1.82, 2.24) is 5.32 Å². The minimum atomic E-state index is -0.446. The second-order valence-corrected chi connectivity index (χ2v) is 4.74. The average Bonchev–Trinajstić information content (AvgIpc) is 2.76. The van der Waals surface area contributed by atoms with Crippen molar-refractivity contribution in [3.05, 3.63) is 35.0 Å². The van der Waals surface area contributed by atoms with Gasteiger partial charge in [0, 0.05) is 11.4 Å². The molecular weight excluding hydrogens is 204 g/mol. The summed E-state index contributed by atoms with van der Waals surface area (Å²) < 4.78 is 0. The highest BCUT2D eigenvalue weighted by Gasteiger charge is 2.21. The van der Waals surface area contributed by atoms with Gasteiger partial charge in [-0.1, -0.05) is 12.1 Å². The molecule has 2 nitrogen and oxygen atoms in total. The van der Waals surface area contributed by atoms with Crippen molar-refractivity contribution in [2.24, 2.45) is 0 Å². The molecule has 0 amide bonds. The Kier molecular flexibility index (Phi) is 4.54. The summed E-state index contributed by atoms with van der Waals surface area (Å²) >= 11 is 1.71. The standard InChI is InChI=1S/C12H16N2S/c1-3-4-7-12(2,10-13)14-9-11-6-5-8-15-11/h3,5-6,8,14H,1,4,7,9H2,2H3. The molecule has 1 heterocycles. The van der Waals surface area contributed by atoms with E-state index in [-0.39, 0.29) is 0 Å². The van der Waals surface area contributed by atoms with Gasteiger partial charge in [-0.25, -0.2) is 0 Å². The Bertz CT molecular complexity index is 337. The van der Waals surface area contributed by atoms with E-state index in [2.05, 4.69) is 24.0 Å². The van der Waals surface area contributed by atoms with Gasteiger partial charge in [-0.3, -0.25) is 5.32 Å². The first-order valence-electron chi connectivity index (χ1n) is 5.00. The molecule has 0 bridgehead atoms. The maximum atomic E-state index is 9.10. The monoisotopic (exact) mass is 220 g/mol. The summed E-state index contributed by atoms with van der Waals surface area (Å²) in [4.78, 5) is 1.26. The van der Waals surface area contributed by atoms with Crippen LogP contribution in [0.1, 0.15) is 24.6 Å². The predicted molar refractivity (Wildman–Crippen MR) is 64.6 cm³/mol. The number of nitrogens with zero attached hydrogens (tertiary/aromatic N) is 1. The minimum absolute atomic E-state index is 0.446. The van der Waals surface area contributed by atoms with Crippen molar-refractivity contribution in [2.45, 2.75) is 31.8 Å². The third kappa shape index (κ3) is 3.86. The first-order valence-corrected chi connectivity index (χ1v) is 5.88. The molecule has 0 fully saturated rings. The SMILES string of the molecule is C=CCCC(C)(C#N)NCc1cccs1. The fraction of sp³-hybridized carbons (Fsp3) is 0.417. The minimum Gasteiger partial charge on any atom is -0.295 e. The molecule has 0 saturated carbocycles. The van der Waals surface area contributed by atoms with Crippen molar-refractivity contribution >= 4 is 11.3 Å². The summed E-state index contributed by atoms with van der Waals surface area (Å²) in [5.74, 6) is 0. The van der Waals surface area contributed by atoms with E-state index in [1.54, 1.807) is 11.3 Å². The highest BCUT2D eigenvalue weighted by atomic mass is 32.1. The number of allylic oxidation sites excluding steroid dienone is 1. The van der Waals surface area contributed by atoms with Crippen LogP contribution in [0.15, 0.2) is 30.2 Å². The number of thiophene rings is 1. The smallest absolute Gasteiger partial charge is 0.104 e. The molecule has 1 unspecified atom stereocenters. The van der Waals surface area contributed by atoms with E-state index in [0.717, 1.165) is 19.4 Å². The van der Waals surface area contributed by atoms with E-state index in [4.69, 9.17) is 5.26 Å². The van der Waals surface area contributed by atoms with Gasteiger partial charge in [-0.2, -0.15) is 5.26 Å². The molecule has 80 valence electrons. The topological polar surface area (TPSA) is 35.8 Å². The van der Waals surface area contributed by atoms with Gasteiger partial charge in [-0.05, 0) is 31.2 Å². The van der Waals surface area contributed by atoms with Gasteiger partial charge in [0.1, 0.15) is 5.54 Å². The molecule has 1 aromatic heterocycles. The zero-order valence-electron chi connectivity index (χ0n) is 8.99. The average molecular weight is 220 g/mol. The lowest BCUT2D eigenvalue weighted by Gasteiger charge is -2.22. The maximum Gasteiger partial charge on any atom is 0.104 e. The van der Waals surface area contributed by atoms with E-state index in [9.17, 15) is 0 Å². The van der Waals surface area contributed by atoms with Crippen molar-refractivity contribution in [3.8, 4) is 6.07 Å². The highest BCUT2D eigenvalue weighted by Crippen LogP contribution is 2.14. The van der Waals surface area contributed by atoms with Gasteiger partial charge in [-0.15, -0.1) is 17.9 Å². The first kappa shape index (κ1) is 12.0. The maximum absolute atomic E-state index is 9.10. The van der Waals surface area contributed by atoms with E-state index in [1.165, 1.54) is 4.88 Å². The van der Waals surface area contributed by atoms with E-state index in [0.29, 0.717) is 0 Å². The molecule has 0 aliphatic rings. The summed E-state index contributed by atoms with van der Waals surface area (Å²) in [7, 11) is 0. The van der Waals surface area contributed by atoms with Crippen LogP contribution in [-0.2, 0) is 6.54 Å². The second-order valence-electron chi connectivity index (χ2n) is 3.70. The summed E-state index contributed by atoms with van der Waals surface area (Å²) in [5.41, 5.74) is -0.446. The van der Waals surface area contributed by atoms with Gasteiger partial charge in [0.05, 0.1) is 6.07 Å². The van der Waals surface area contributed by atoms with Crippen LogP contribution in [0.2, 0.25) is 0 Å². The predicted octanol–water partition coefficient (Wildman–Crippen LogP) is 3.09. The van der Waals surface area contributed by atoms with Crippen molar-refractivity contribution in [1.29, 1.82) is 5.26 Å². The van der Waals surface area contributed by atoms with Crippen LogP contribution in [0.4, 0.5) is 0 Å². The van der Waals surface area contributed by atoms with Crippen molar-refractivity contribution in [2.75, 3.05) is 0 Å². The Morgan fingerprint density at radius 1 is 1.73 bits per heavy atom. The molecule has 3 heteroatoms. The van der Waals surface area contributed by atoms with E-state index >= 15 is 0 Å². The quantitative estimate of drug-likeness (QED) is 0.748. The largest absolute Gasteiger partial charge is 0.295 e. The first-order chi connectivity index (χ1) is 7.20. The fourth-order valence-electron chi connectivity index (χ4n) is 1.27. The third-order valence-corrected chi connectivity index (χ3v) is 3.20. The number of nitrogens with one attached hydrogen (secondary N) is 1. The number of hydrogen-bond donors (Lipinski definition) is 1. The van der Waals surface area contributed by atoms with Crippen LogP contribution in [0.3, 0.4) is 0 Å². The van der Waals surface area contributed by atoms with Crippen LogP contribution in [0.25, 0.3) is 0 Å². The second kappa shape index (κ2) is 5.69.